The first-order chi connectivity index (χ1) is 14.6. The van der Waals surface area contributed by atoms with Gasteiger partial charge in [0.2, 0.25) is 0 Å². The molecule has 0 N–H and O–H groups in total. The van der Waals surface area contributed by atoms with Gasteiger partial charge in [-0.2, -0.15) is 0 Å². The summed E-state index contributed by atoms with van der Waals surface area (Å²) in [7, 11) is 4.12. The molecule has 1 atom stereocenters. The smallest absolute Gasteiger partial charge is 0.338 e. The van der Waals surface area contributed by atoms with Gasteiger partial charge in [0.1, 0.15) is 6.61 Å². The average molecular weight is 425 g/mol. The van der Waals surface area contributed by atoms with Crippen LogP contribution in [0.3, 0.4) is 0 Å². The molecule has 0 aliphatic heterocycles. The summed E-state index contributed by atoms with van der Waals surface area (Å²) in [6.07, 6.45) is 0.944. The molecular formula is C23H28N4O2S. The Balaban J connectivity index is 1.69. The number of carbonyl (C=O) groups is 1. The maximum Gasteiger partial charge on any atom is 0.338 e. The molecule has 0 bridgehead atoms. The van der Waals surface area contributed by atoms with Crippen molar-refractivity contribution in [3.63, 3.8) is 0 Å². The predicted octanol–water partition coefficient (Wildman–Crippen LogP) is 4.29. The summed E-state index contributed by atoms with van der Waals surface area (Å²) in [5, 5.41) is 9.79. The number of hydrogen-bond donors (Lipinski definition) is 0. The molecule has 2 aromatic carbocycles. The average Bonchev–Trinajstić information content (AvgIpc) is 3.14. The molecule has 0 unspecified atom stereocenters. The minimum Gasteiger partial charge on any atom is -0.461 e. The number of rotatable bonds is 10. The van der Waals surface area contributed by atoms with Crippen LogP contribution in [0.5, 0.6) is 0 Å². The van der Waals surface area contributed by atoms with Gasteiger partial charge in [-0.15, -0.1) is 10.2 Å². The summed E-state index contributed by atoms with van der Waals surface area (Å²) in [6.45, 7) is 3.18. The maximum absolute atomic E-state index is 12.1. The molecule has 0 aliphatic carbocycles. The van der Waals surface area contributed by atoms with Crippen LogP contribution in [0.4, 0.5) is 0 Å². The second-order valence-electron chi connectivity index (χ2n) is 7.15. The maximum atomic E-state index is 12.1. The quantitative estimate of drug-likeness (QED) is 0.275. The standard InChI is InChI=1S/C23H28N4O2S/c1-4-20(26(2)3)21-24-25-23(27(21)17-18-11-7-5-8-12-18)30-16-15-29-22(28)19-13-9-6-10-14-19/h5-14,20H,4,15-17H2,1-3H3/t20-/m0/s1. The fraction of sp³-hybridized carbons (Fsp3) is 0.348. The highest BCUT2D eigenvalue weighted by atomic mass is 32.2. The molecule has 6 nitrogen and oxygen atoms in total. The van der Waals surface area contributed by atoms with E-state index in [2.05, 4.69) is 52.8 Å². The number of benzene rings is 2. The van der Waals surface area contributed by atoms with E-state index in [0.717, 1.165) is 17.4 Å². The van der Waals surface area contributed by atoms with Gasteiger partial charge in [0.25, 0.3) is 0 Å². The number of carbonyl (C=O) groups excluding carboxylic acids is 1. The second kappa shape index (κ2) is 10.9. The Hall–Kier alpha value is -2.64. The first-order valence-corrected chi connectivity index (χ1v) is 11.1. The number of nitrogens with zero attached hydrogens (tertiary/aromatic N) is 4. The molecule has 1 heterocycles. The number of ether oxygens (including phenoxy) is 1. The molecule has 0 amide bonds. The topological polar surface area (TPSA) is 60.3 Å². The number of aromatic nitrogens is 3. The van der Waals surface area contributed by atoms with Gasteiger partial charge in [-0.1, -0.05) is 67.2 Å². The van der Waals surface area contributed by atoms with Gasteiger partial charge < -0.3 is 9.30 Å². The van der Waals surface area contributed by atoms with Crippen molar-refractivity contribution in [1.29, 1.82) is 0 Å². The zero-order valence-electron chi connectivity index (χ0n) is 17.7. The third-order valence-electron chi connectivity index (χ3n) is 4.79. The van der Waals surface area contributed by atoms with Gasteiger partial charge in [-0.25, -0.2) is 4.79 Å². The molecule has 30 heavy (non-hydrogen) atoms. The third-order valence-corrected chi connectivity index (χ3v) is 5.73. The molecular weight excluding hydrogens is 396 g/mol. The summed E-state index contributed by atoms with van der Waals surface area (Å²) < 4.78 is 7.57. The summed E-state index contributed by atoms with van der Waals surface area (Å²) in [5.41, 5.74) is 1.76. The number of esters is 1. The van der Waals surface area contributed by atoms with Crippen LogP contribution in [-0.2, 0) is 11.3 Å². The second-order valence-corrected chi connectivity index (χ2v) is 8.21. The Labute approximate surface area is 182 Å². The molecule has 7 heteroatoms. The molecule has 158 valence electrons. The summed E-state index contributed by atoms with van der Waals surface area (Å²) >= 11 is 1.56. The minimum absolute atomic E-state index is 0.187. The zero-order chi connectivity index (χ0) is 21.3. The molecule has 1 aromatic heterocycles. The lowest BCUT2D eigenvalue weighted by Gasteiger charge is -2.23. The van der Waals surface area contributed by atoms with Crippen molar-refractivity contribution in [1.82, 2.24) is 19.7 Å². The van der Waals surface area contributed by atoms with Crippen LogP contribution in [0.2, 0.25) is 0 Å². The Morgan fingerprint density at radius 3 is 2.37 bits per heavy atom. The normalized spacial score (nSPS) is 12.1. The van der Waals surface area contributed by atoms with E-state index in [1.165, 1.54) is 5.56 Å². The van der Waals surface area contributed by atoms with Crippen molar-refractivity contribution in [2.24, 2.45) is 0 Å². The Morgan fingerprint density at radius 1 is 1.07 bits per heavy atom. The highest BCUT2D eigenvalue weighted by Crippen LogP contribution is 2.26. The lowest BCUT2D eigenvalue weighted by molar-refractivity contribution is 0.0530. The molecule has 0 saturated heterocycles. The third kappa shape index (κ3) is 5.70. The lowest BCUT2D eigenvalue weighted by Crippen LogP contribution is -2.23. The molecule has 0 saturated carbocycles. The lowest BCUT2D eigenvalue weighted by atomic mass is 10.2. The van der Waals surface area contributed by atoms with Gasteiger partial charge in [0.15, 0.2) is 11.0 Å². The number of thioether (sulfide) groups is 1. The van der Waals surface area contributed by atoms with Crippen LogP contribution in [0, 0.1) is 0 Å². The van der Waals surface area contributed by atoms with E-state index in [1.54, 1.807) is 23.9 Å². The fourth-order valence-corrected chi connectivity index (χ4v) is 4.03. The van der Waals surface area contributed by atoms with E-state index in [0.29, 0.717) is 24.5 Å². The molecule has 0 radical (unpaired) electrons. The van der Waals surface area contributed by atoms with Gasteiger partial charge in [0.05, 0.1) is 18.2 Å². The van der Waals surface area contributed by atoms with E-state index < -0.39 is 0 Å². The van der Waals surface area contributed by atoms with Gasteiger partial charge >= 0.3 is 5.97 Å². The van der Waals surface area contributed by atoms with Gasteiger partial charge in [0, 0.05) is 5.75 Å². The molecule has 0 fully saturated rings. The van der Waals surface area contributed by atoms with Crippen molar-refractivity contribution < 1.29 is 9.53 Å². The van der Waals surface area contributed by atoms with Crippen molar-refractivity contribution in [3.8, 4) is 0 Å². The van der Waals surface area contributed by atoms with Crippen LogP contribution in [0.1, 0.15) is 41.1 Å². The summed E-state index contributed by atoms with van der Waals surface area (Å²) in [4.78, 5) is 14.3. The highest BCUT2D eigenvalue weighted by Gasteiger charge is 2.22. The van der Waals surface area contributed by atoms with E-state index in [9.17, 15) is 4.79 Å². The van der Waals surface area contributed by atoms with Crippen LogP contribution < -0.4 is 0 Å². The highest BCUT2D eigenvalue weighted by molar-refractivity contribution is 7.99. The largest absolute Gasteiger partial charge is 0.461 e. The van der Waals surface area contributed by atoms with E-state index in [1.807, 2.05) is 36.4 Å². The van der Waals surface area contributed by atoms with E-state index >= 15 is 0 Å². The van der Waals surface area contributed by atoms with Crippen LogP contribution in [0.25, 0.3) is 0 Å². The molecule has 3 aromatic rings. The van der Waals surface area contributed by atoms with Gasteiger partial charge in [-0.3, -0.25) is 4.90 Å². The monoisotopic (exact) mass is 424 g/mol. The Kier molecular flexibility index (Phi) is 8.04. The Morgan fingerprint density at radius 2 is 1.73 bits per heavy atom. The van der Waals surface area contributed by atoms with Crippen LogP contribution in [0.15, 0.2) is 65.8 Å². The van der Waals surface area contributed by atoms with E-state index in [-0.39, 0.29) is 12.0 Å². The summed E-state index contributed by atoms with van der Waals surface area (Å²) in [5.74, 6) is 1.26. The van der Waals surface area contributed by atoms with Crippen LogP contribution >= 0.6 is 11.8 Å². The first kappa shape index (κ1) is 22.1. The molecule has 0 spiro atoms. The van der Waals surface area contributed by atoms with Crippen molar-refractivity contribution >= 4 is 17.7 Å². The fourth-order valence-electron chi connectivity index (χ4n) is 3.27. The summed E-state index contributed by atoms with van der Waals surface area (Å²) in [6, 6.07) is 19.5. The zero-order valence-corrected chi connectivity index (χ0v) is 18.5. The molecule has 3 rings (SSSR count). The molecule has 0 aliphatic rings. The SMILES string of the molecule is CC[C@@H](c1nnc(SCCOC(=O)c2ccccc2)n1Cc1ccccc1)N(C)C. The first-order valence-electron chi connectivity index (χ1n) is 10.1. The van der Waals surface area contributed by atoms with Gasteiger partial charge in [-0.05, 0) is 38.2 Å². The number of hydrogen-bond acceptors (Lipinski definition) is 6. The van der Waals surface area contributed by atoms with Crippen molar-refractivity contribution in [3.05, 3.63) is 77.6 Å². The van der Waals surface area contributed by atoms with Crippen LogP contribution in [-0.4, -0.2) is 52.1 Å². The predicted molar refractivity (Wildman–Crippen MR) is 120 cm³/mol. The van der Waals surface area contributed by atoms with Crippen molar-refractivity contribution in [2.45, 2.75) is 31.1 Å². The Bertz CT molecular complexity index is 929. The van der Waals surface area contributed by atoms with E-state index in [4.69, 9.17) is 4.74 Å². The van der Waals surface area contributed by atoms with Crippen molar-refractivity contribution in [2.75, 3.05) is 26.5 Å². The minimum atomic E-state index is -0.304.